The summed E-state index contributed by atoms with van der Waals surface area (Å²) in [6.07, 6.45) is 2.13. The zero-order valence-corrected chi connectivity index (χ0v) is 10.8. The third-order valence-electron chi connectivity index (χ3n) is 3.15. The molecule has 0 unspecified atom stereocenters. The summed E-state index contributed by atoms with van der Waals surface area (Å²) < 4.78 is 26.2. The van der Waals surface area contributed by atoms with Crippen molar-refractivity contribution in [1.82, 2.24) is 0 Å². The van der Waals surface area contributed by atoms with Gasteiger partial charge >= 0.3 is 0 Å². The Morgan fingerprint density at radius 3 is 2.41 bits per heavy atom. The van der Waals surface area contributed by atoms with Gasteiger partial charge < -0.3 is 0 Å². The number of allylic oxidation sites excluding steroid dienone is 1. The monoisotopic (exact) mass is 238 g/mol. The second-order valence-corrected chi connectivity index (χ2v) is 4.76. The van der Waals surface area contributed by atoms with Crippen LogP contribution < -0.4 is 0 Å². The average Bonchev–Trinajstić information content (AvgIpc) is 2.23. The topological polar surface area (TPSA) is 0 Å². The van der Waals surface area contributed by atoms with Gasteiger partial charge in [0.1, 0.15) is 0 Å². The summed E-state index contributed by atoms with van der Waals surface area (Å²) in [5.74, 6) is -1.08. The summed E-state index contributed by atoms with van der Waals surface area (Å²) >= 11 is 0. The van der Waals surface area contributed by atoms with E-state index in [-0.39, 0.29) is 5.92 Å². The Bertz CT molecular complexity index is 396. The first-order chi connectivity index (χ1) is 7.97. The summed E-state index contributed by atoms with van der Waals surface area (Å²) in [4.78, 5) is 0. The molecule has 0 aliphatic carbocycles. The number of hydrogen-bond acceptors (Lipinski definition) is 0. The molecule has 0 N–H and O–H groups in total. The standard InChI is InChI=1S/C15H20F2/c1-5-6-11(4)15(10(2)3)12-7-8-13(16)14(17)9-12/h7-9,11,15H,2,5-6H2,1,3-4H3/t11-,15-/m1/s1. The van der Waals surface area contributed by atoms with Gasteiger partial charge in [0.25, 0.3) is 0 Å². The summed E-state index contributed by atoms with van der Waals surface area (Å²) in [5.41, 5.74) is 1.81. The zero-order chi connectivity index (χ0) is 13.0. The molecule has 0 radical (unpaired) electrons. The minimum Gasteiger partial charge on any atom is -0.204 e. The van der Waals surface area contributed by atoms with Gasteiger partial charge in [0, 0.05) is 5.92 Å². The maximum Gasteiger partial charge on any atom is 0.159 e. The fourth-order valence-corrected chi connectivity index (χ4v) is 2.43. The Hall–Kier alpha value is -1.18. The molecule has 0 bridgehead atoms. The summed E-state index contributed by atoms with van der Waals surface area (Å²) in [6.45, 7) is 10.2. The number of hydrogen-bond donors (Lipinski definition) is 0. The largest absolute Gasteiger partial charge is 0.204 e. The van der Waals surface area contributed by atoms with Crippen LogP contribution >= 0.6 is 0 Å². The van der Waals surface area contributed by atoms with E-state index in [0.717, 1.165) is 24.0 Å². The molecular weight excluding hydrogens is 218 g/mol. The summed E-state index contributed by atoms with van der Waals surface area (Å²) in [6, 6.07) is 4.14. The van der Waals surface area contributed by atoms with Gasteiger partial charge in [0.2, 0.25) is 0 Å². The molecule has 0 aromatic heterocycles. The van der Waals surface area contributed by atoms with Gasteiger partial charge in [-0.15, -0.1) is 0 Å². The van der Waals surface area contributed by atoms with Crippen LogP contribution in [0.2, 0.25) is 0 Å². The van der Waals surface area contributed by atoms with Crippen LogP contribution in [0.4, 0.5) is 8.78 Å². The first-order valence-electron chi connectivity index (χ1n) is 6.07. The van der Waals surface area contributed by atoms with Crippen molar-refractivity contribution in [1.29, 1.82) is 0 Å². The Labute approximate surface area is 102 Å². The van der Waals surface area contributed by atoms with Crippen LogP contribution in [-0.4, -0.2) is 0 Å². The lowest BCUT2D eigenvalue weighted by Crippen LogP contribution is -2.11. The molecule has 0 aliphatic rings. The minimum atomic E-state index is -0.794. The van der Waals surface area contributed by atoms with E-state index in [0.29, 0.717) is 5.92 Å². The highest BCUT2D eigenvalue weighted by Gasteiger charge is 2.20. The molecule has 0 spiro atoms. The molecule has 1 aromatic rings. The Kier molecular flexibility index (Phi) is 4.86. The fourth-order valence-electron chi connectivity index (χ4n) is 2.43. The predicted molar refractivity (Wildman–Crippen MR) is 68.0 cm³/mol. The average molecular weight is 238 g/mol. The Morgan fingerprint density at radius 2 is 1.94 bits per heavy atom. The third kappa shape index (κ3) is 3.39. The van der Waals surface area contributed by atoms with Gasteiger partial charge in [-0.3, -0.25) is 0 Å². The first-order valence-corrected chi connectivity index (χ1v) is 6.07. The van der Waals surface area contributed by atoms with E-state index < -0.39 is 11.6 Å². The van der Waals surface area contributed by atoms with Crippen LogP contribution in [0.15, 0.2) is 30.4 Å². The van der Waals surface area contributed by atoms with Crippen LogP contribution in [0, 0.1) is 17.6 Å². The van der Waals surface area contributed by atoms with Crippen molar-refractivity contribution >= 4 is 0 Å². The van der Waals surface area contributed by atoms with Gasteiger partial charge in [0.05, 0.1) is 0 Å². The molecule has 1 aromatic carbocycles. The molecule has 1 rings (SSSR count). The molecule has 17 heavy (non-hydrogen) atoms. The van der Waals surface area contributed by atoms with Crippen LogP contribution in [0.25, 0.3) is 0 Å². The van der Waals surface area contributed by atoms with Gasteiger partial charge in [-0.1, -0.05) is 44.9 Å². The SMILES string of the molecule is C=C(C)[C@@H](c1ccc(F)c(F)c1)[C@H](C)CCC. The van der Waals surface area contributed by atoms with Crippen molar-refractivity contribution in [3.8, 4) is 0 Å². The van der Waals surface area contributed by atoms with E-state index in [1.54, 1.807) is 6.07 Å². The molecular formula is C15H20F2. The third-order valence-corrected chi connectivity index (χ3v) is 3.15. The number of benzene rings is 1. The Balaban J connectivity index is 3.05. The molecule has 2 atom stereocenters. The van der Waals surface area contributed by atoms with Crippen LogP contribution in [0.5, 0.6) is 0 Å². The molecule has 0 fully saturated rings. The molecule has 0 heterocycles. The zero-order valence-electron chi connectivity index (χ0n) is 10.8. The highest BCUT2D eigenvalue weighted by Crippen LogP contribution is 2.34. The first kappa shape index (κ1) is 13.9. The van der Waals surface area contributed by atoms with Crippen molar-refractivity contribution in [2.45, 2.75) is 39.5 Å². The van der Waals surface area contributed by atoms with E-state index >= 15 is 0 Å². The number of halogens is 2. The lowest BCUT2D eigenvalue weighted by molar-refractivity contribution is 0.457. The van der Waals surface area contributed by atoms with E-state index in [1.165, 1.54) is 12.1 Å². The molecule has 0 aliphatic heterocycles. The Morgan fingerprint density at radius 1 is 1.29 bits per heavy atom. The molecule has 94 valence electrons. The van der Waals surface area contributed by atoms with Crippen LogP contribution in [0.1, 0.15) is 45.1 Å². The molecule has 0 amide bonds. The van der Waals surface area contributed by atoms with Gasteiger partial charge in [-0.25, -0.2) is 8.78 Å². The molecule has 0 nitrogen and oxygen atoms in total. The van der Waals surface area contributed by atoms with Gasteiger partial charge in [0.15, 0.2) is 11.6 Å². The van der Waals surface area contributed by atoms with E-state index in [4.69, 9.17) is 0 Å². The minimum absolute atomic E-state index is 0.102. The van der Waals surface area contributed by atoms with Crippen molar-refractivity contribution < 1.29 is 8.78 Å². The summed E-state index contributed by atoms with van der Waals surface area (Å²) in [5, 5.41) is 0. The normalized spacial score (nSPS) is 14.4. The van der Waals surface area contributed by atoms with E-state index in [2.05, 4.69) is 20.4 Å². The van der Waals surface area contributed by atoms with Gasteiger partial charge in [-0.2, -0.15) is 0 Å². The maximum absolute atomic E-state index is 13.2. The predicted octanol–water partition coefficient (Wildman–Crippen LogP) is 5.06. The van der Waals surface area contributed by atoms with Gasteiger partial charge in [-0.05, 0) is 30.5 Å². The smallest absolute Gasteiger partial charge is 0.159 e. The van der Waals surface area contributed by atoms with Crippen LogP contribution in [-0.2, 0) is 0 Å². The van der Waals surface area contributed by atoms with Crippen molar-refractivity contribution in [3.63, 3.8) is 0 Å². The highest BCUT2D eigenvalue weighted by molar-refractivity contribution is 5.29. The van der Waals surface area contributed by atoms with Crippen molar-refractivity contribution in [2.75, 3.05) is 0 Å². The van der Waals surface area contributed by atoms with E-state index in [9.17, 15) is 8.78 Å². The maximum atomic E-state index is 13.2. The van der Waals surface area contributed by atoms with Crippen molar-refractivity contribution in [2.24, 2.45) is 5.92 Å². The fraction of sp³-hybridized carbons (Fsp3) is 0.467. The molecule has 0 saturated carbocycles. The van der Waals surface area contributed by atoms with Crippen molar-refractivity contribution in [3.05, 3.63) is 47.5 Å². The lowest BCUT2D eigenvalue weighted by atomic mass is 9.80. The molecule has 2 heteroatoms. The quantitative estimate of drug-likeness (QED) is 0.629. The second kappa shape index (κ2) is 5.95. The summed E-state index contributed by atoms with van der Waals surface area (Å²) in [7, 11) is 0. The second-order valence-electron chi connectivity index (χ2n) is 4.76. The molecule has 0 saturated heterocycles. The lowest BCUT2D eigenvalue weighted by Gasteiger charge is -2.24. The van der Waals surface area contributed by atoms with E-state index in [1.807, 2.05) is 6.92 Å². The van der Waals surface area contributed by atoms with Crippen LogP contribution in [0.3, 0.4) is 0 Å². The number of rotatable bonds is 5. The highest BCUT2D eigenvalue weighted by atomic mass is 19.2.